The van der Waals surface area contributed by atoms with Gasteiger partial charge in [-0.15, -0.1) is 0 Å². The van der Waals surface area contributed by atoms with Gasteiger partial charge in [-0.25, -0.2) is 0 Å². The summed E-state index contributed by atoms with van der Waals surface area (Å²) in [6, 6.07) is 9.64. The lowest BCUT2D eigenvalue weighted by atomic mass is 10.2. The zero-order chi connectivity index (χ0) is 15.9. The Bertz CT molecular complexity index is 507. The van der Waals surface area contributed by atoms with Gasteiger partial charge in [0, 0.05) is 20.1 Å². The van der Waals surface area contributed by atoms with E-state index in [1.165, 1.54) is 4.90 Å². The molecular formula is C16H23N3O3. The number of amides is 2. The highest BCUT2D eigenvalue weighted by molar-refractivity contribution is 5.86. The number of carbonyl (C=O) groups is 2. The van der Waals surface area contributed by atoms with Crippen LogP contribution in [0.5, 0.6) is 0 Å². The fourth-order valence-corrected chi connectivity index (χ4v) is 2.45. The molecule has 1 aromatic rings. The average molecular weight is 305 g/mol. The van der Waals surface area contributed by atoms with E-state index >= 15 is 0 Å². The molecule has 2 amide bonds. The molecule has 0 aliphatic carbocycles. The van der Waals surface area contributed by atoms with E-state index in [-0.39, 0.29) is 24.5 Å². The lowest BCUT2D eigenvalue weighted by molar-refractivity contribution is -0.144. The lowest BCUT2D eigenvalue weighted by Crippen LogP contribution is -2.42. The van der Waals surface area contributed by atoms with Gasteiger partial charge in [-0.1, -0.05) is 30.3 Å². The van der Waals surface area contributed by atoms with Crippen LogP contribution in [-0.2, 0) is 20.9 Å². The number of nitrogens with zero attached hydrogens (tertiary/aromatic N) is 1. The molecule has 2 atom stereocenters. The lowest BCUT2D eigenvalue weighted by Gasteiger charge is -2.20. The predicted molar refractivity (Wildman–Crippen MR) is 82.9 cm³/mol. The maximum atomic E-state index is 12.2. The zero-order valence-electron chi connectivity index (χ0n) is 12.8. The van der Waals surface area contributed by atoms with E-state index in [0.29, 0.717) is 19.5 Å². The van der Waals surface area contributed by atoms with Crippen molar-refractivity contribution in [1.82, 2.24) is 10.2 Å². The number of benzene rings is 1. The molecule has 0 spiro atoms. The molecule has 0 aromatic heterocycles. The molecule has 0 saturated carbocycles. The number of ether oxygens (including phenoxy) is 1. The minimum absolute atomic E-state index is 0.0266. The Balaban J connectivity index is 1.75. The number of nitrogens with one attached hydrogen (secondary N) is 1. The number of carbonyl (C=O) groups excluding carboxylic acids is 2. The van der Waals surface area contributed by atoms with Gasteiger partial charge in [-0.3, -0.25) is 9.59 Å². The molecule has 120 valence electrons. The van der Waals surface area contributed by atoms with E-state index in [9.17, 15) is 9.59 Å². The van der Waals surface area contributed by atoms with Gasteiger partial charge < -0.3 is 20.7 Å². The molecule has 2 rings (SSSR count). The third kappa shape index (κ3) is 4.54. The monoisotopic (exact) mass is 305 g/mol. The number of nitrogens with two attached hydrogens (primary N) is 1. The number of hydrogen-bond acceptors (Lipinski definition) is 4. The van der Waals surface area contributed by atoms with E-state index in [1.807, 2.05) is 30.3 Å². The second-order valence-corrected chi connectivity index (χ2v) is 5.52. The zero-order valence-corrected chi connectivity index (χ0v) is 12.8. The van der Waals surface area contributed by atoms with E-state index in [2.05, 4.69) is 5.32 Å². The molecule has 1 aliphatic rings. The molecule has 1 fully saturated rings. The maximum absolute atomic E-state index is 12.2. The van der Waals surface area contributed by atoms with Gasteiger partial charge in [-0.2, -0.15) is 0 Å². The SMILES string of the molecule is CN(CC(=O)NCc1ccccc1)C(=O)[C@@H]1CC[C@H](CN)O1. The normalized spacial score (nSPS) is 20.6. The van der Waals surface area contributed by atoms with Gasteiger partial charge in [0.15, 0.2) is 0 Å². The Morgan fingerprint density at radius 1 is 1.32 bits per heavy atom. The highest BCUT2D eigenvalue weighted by atomic mass is 16.5. The summed E-state index contributed by atoms with van der Waals surface area (Å²) in [6.45, 7) is 0.904. The van der Waals surface area contributed by atoms with Gasteiger partial charge in [0.2, 0.25) is 5.91 Å². The quantitative estimate of drug-likeness (QED) is 0.790. The third-order valence-electron chi connectivity index (χ3n) is 3.74. The Hall–Kier alpha value is -1.92. The molecule has 6 nitrogen and oxygen atoms in total. The van der Waals surface area contributed by atoms with Crippen molar-refractivity contribution in [3.8, 4) is 0 Å². The first-order valence-corrected chi connectivity index (χ1v) is 7.51. The largest absolute Gasteiger partial charge is 0.364 e. The maximum Gasteiger partial charge on any atom is 0.251 e. The summed E-state index contributed by atoms with van der Waals surface area (Å²) >= 11 is 0. The van der Waals surface area contributed by atoms with E-state index in [1.54, 1.807) is 7.05 Å². The molecule has 22 heavy (non-hydrogen) atoms. The van der Waals surface area contributed by atoms with Crippen LogP contribution in [0.3, 0.4) is 0 Å². The van der Waals surface area contributed by atoms with Gasteiger partial charge in [0.1, 0.15) is 6.10 Å². The second kappa shape index (κ2) is 7.91. The van der Waals surface area contributed by atoms with Gasteiger partial charge >= 0.3 is 0 Å². The van der Waals surface area contributed by atoms with Crippen molar-refractivity contribution in [2.45, 2.75) is 31.6 Å². The fourth-order valence-electron chi connectivity index (χ4n) is 2.45. The number of hydrogen-bond donors (Lipinski definition) is 2. The Kier molecular flexibility index (Phi) is 5.91. The fraction of sp³-hybridized carbons (Fsp3) is 0.500. The Labute approximate surface area is 130 Å². The highest BCUT2D eigenvalue weighted by Gasteiger charge is 2.32. The average Bonchev–Trinajstić information content (AvgIpc) is 3.02. The molecule has 0 bridgehead atoms. The van der Waals surface area contributed by atoms with E-state index in [0.717, 1.165) is 12.0 Å². The summed E-state index contributed by atoms with van der Waals surface area (Å²) < 4.78 is 5.56. The van der Waals surface area contributed by atoms with E-state index < -0.39 is 6.10 Å². The summed E-state index contributed by atoms with van der Waals surface area (Å²) in [5.74, 6) is -0.348. The smallest absolute Gasteiger partial charge is 0.251 e. The van der Waals surface area contributed by atoms with E-state index in [4.69, 9.17) is 10.5 Å². The summed E-state index contributed by atoms with van der Waals surface area (Å²) in [5, 5.41) is 2.80. The highest BCUT2D eigenvalue weighted by Crippen LogP contribution is 2.20. The van der Waals surface area contributed by atoms with Gasteiger partial charge in [0.05, 0.1) is 12.6 Å². The summed E-state index contributed by atoms with van der Waals surface area (Å²) in [5.41, 5.74) is 6.56. The first-order valence-electron chi connectivity index (χ1n) is 7.51. The third-order valence-corrected chi connectivity index (χ3v) is 3.74. The van der Waals surface area contributed by atoms with Crippen molar-refractivity contribution in [1.29, 1.82) is 0 Å². The van der Waals surface area contributed by atoms with Crippen LogP contribution in [0.4, 0.5) is 0 Å². The summed E-state index contributed by atoms with van der Waals surface area (Å²) in [7, 11) is 1.61. The minimum Gasteiger partial charge on any atom is -0.364 e. The van der Waals surface area contributed by atoms with Crippen molar-refractivity contribution >= 4 is 11.8 Å². The first kappa shape index (κ1) is 16.5. The Morgan fingerprint density at radius 2 is 2.05 bits per heavy atom. The van der Waals surface area contributed by atoms with Crippen LogP contribution in [0.25, 0.3) is 0 Å². The topological polar surface area (TPSA) is 84.7 Å². The second-order valence-electron chi connectivity index (χ2n) is 5.52. The van der Waals surface area contributed by atoms with Crippen LogP contribution in [-0.4, -0.2) is 49.1 Å². The van der Waals surface area contributed by atoms with Crippen LogP contribution in [0, 0.1) is 0 Å². The number of rotatable bonds is 6. The minimum atomic E-state index is -0.472. The van der Waals surface area contributed by atoms with Crippen LogP contribution in [0.2, 0.25) is 0 Å². The first-order chi connectivity index (χ1) is 10.6. The van der Waals surface area contributed by atoms with Crippen molar-refractivity contribution in [3.63, 3.8) is 0 Å². The van der Waals surface area contributed by atoms with Gasteiger partial charge in [-0.05, 0) is 18.4 Å². The van der Waals surface area contributed by atoms with Crippen LogP contribution in [0.1, 0.15) is 18.4 Å². The Morgan fingerprint density at radius 3 is 2.68 bits per heavy atom. The van der Waals surface area contributed by atoms with Crippen molar-refractivity contribution in [2.75, 3.05) is 20.1 Å². The molecule has 0 unspecified atom stereocenters. The van der Waals surface area contributed by atoms with Crippen molar-refractivity contribution < 1.29 is 14.3 Å². The molecule has 1 aliphatic heterocycles. The van der Waals surface area contributed by atoms with Crippen LogP contribution in [0.15, 0.2) is 30.3 Å². The molecule has 1 heterocycles. The summed E-state index contributed by atoms with van der Waals surface area (Å²) in [4.78, 5) is 25.5. The van der Waals surface area contributed by atoms with Crippen LogP contribution < -0.4 is 11.1 Å². The molecule has 3 N–H and O–H groups in total. The van der Waals surface area contributed by atoms with Crippen molar-refractivity contribution in [3.05, 3.63) is 35.9 Å². The molecule has 1 saturated heterocycles. The molecular weight excluding hydrogens is 282 g/mol. The summed E-state index contributed by atoms with van der Waals surface area (Å²) in [6.07, 6.45) is 0.937. The van der Waals surface area contributed by atoms with Crippen molar-refractivity contribution in [2.24, 2.45) is 5.73 Å². The van der Waals surface area contributed by atoms with Crippen LogP contribution >= 0.6 is 0 Å². The van der Waals surface area contributed by atoms with Gasteiger partial charge in [0.25, 0.3) is 5.91 Å². The molecule has 0 radical (unpaired) electrons. The standard InChI is InChI=1S/C16H23N3O3/c1-19(16(21)14-8-7-13(9-17)22-14)11-15(20)18-10-12-5-3-2-4-6-12/h2-6,13-14H,7-11,17H2,1H3,(H,18,20)/t13-,14+/m1/s1. The molecule has 1 aromatic carbocycles. The predicted octanol–water partition coefficient (Wildman–Crippen LogP) is 0.268. The number of likely N-dealkylation sites (N-methyl/N-ethyl adjacent to an activating group) is 1. The molecule has 6 heteroatoms.